The molecule has 0 saturated heterocycles. The van der Waals surface area contributed by atoms with Gasteiger partial charge in [-0.25, -0.2) is 9.78 Å². The van der Waals surface area contributed by atoms with Crippen molar-refractivity contribution in [1.29, 1.82) is 0 Å². The first-order chi connectivity index (χ1) is 5.99. The van der Waals surface area contributed by atoms with Crippen LogP contribution in [0.25, 0.3) is 0 Å². The predicted octanol–water partition coefficient (Wildman–Crippen LogP) is 2.47. The number of carbonyl (C=O) groups is 1. The second-order valence-electron chi connectivity index (χ2n) is 3.17. The van der Waals surface area contributed by atoms with E-state index in [1.54, 1.807) is 10.9 Å². The fourth-order valence-corrected chi connectivity index (χ4v) is 1.26. The van der Waals surface area contributed by atoms with Gasteiger partial charge in [-0.2, -0.15) is 0 Å². The molecular weight excluding hydrogens is 254 g/mol. The van der Waals surface area contributed by atoms with Crippen LogP contribution in [0.2, 0.25) is 0 Å². The minimum Gasteiger partial charge on any atom is -0.459 e. The lowest BCUT2D eigenvalue weighted by Crippen LogP contribution is -2.21. The van der Waals surface area contributed by atoms with E-state index in [0.717, 1.165) is 0 Å². The minimum atomic E-state index is -0.367. The van der Waals surface area contributed by atoms with Crippen molar-refractivity contribution in [3.63, 3.8) is 0 Å². The molecule has 0 aliphatic rings. The van der Waals surface area contributed by atoms with Gasteiger partial charge in [-0.05, 0) is 13.8 Å². The number of alkyl halides is 1. The second kappa shape index (κ2) is 4.19. The molecule has 0 unspecified atom stereocenters. The molecular formula is C8H10BrNO2S. The second-order valence-corrected chi connectivity index (χ2v) is 6.03. The van der Waals surface area contributed by atoms with Gasteiger partial charge in [0, 0.05) is 5.38 Å². The normalized spacial score (nSPS) is 11.3. The maximum atomic E-state index is 11.3. The zero-order valence-electron chi connectivity index (χ0n) is 7.41. The van der Waals surface area contributed by atoms with Gasteiger partial charge in [-0.15, -0.1) is 11.3 Å². The summed E-state index contributed by atoms with van der Waals surface area (Å²) in [5, 5.41) is 1.67. The monoisotopic (exact) mass is 263 g/mol. The number of esters is 1. The number of halogens is 1. The SMILES string of the molecule is CC(C)(Br)COC(=O)c1cscn1. The van der Waals surface area contributed by atoms with E-state index in [-0.39, 0.29) is 10.3 Å². The van der Waals surface area contributed by atoms with E-state index in [0.29, 0.717) is 12.3 Å². The highest BCUT2D eigenvalue weighted by molar-refractivity contribution is 9.10. The third-order valence-corrected chi connectivity index (χ3v) is 2.00. The molecule has 0 spiro atoms. The van der Waals surface area contributed by atoms with Crippen molar-refractivity contribution in [2.45, 2.75) is 18.2 Å². The molecule has 5 heteroatoms. The molecule has 3 nitrogen and oxygen atoms in total. The zero-order chi connectivity index (χ0) is 9.90. The Morgan fingerprint density at radius 2 is 2.46 bits per heavy atom. The maximum absolute atomic E-state index is 11.3. The van der Waals surface area contributed by atoms with Gasteiger partial charge in [-0.3, -0.25) is 0 Å². The zero-order valence-corrected chi connectivity index (χ0v) is 9.81. The summed E-state index contributed by atoms with van der Waals surface area (Å²) >= 11 is 4.75. The van der Waals surface area contributed by atoms with Crippen LogP contribution in [0.1, 0.15) is 24.3 Å². The van der Waals surface area contributed by atoms with Crippen LogP contribution in [0.15, 0.2) is 10.9 Å². The molecule has 0 fully saturated rings. The van der Waals surface area contributed by atoms with E-state index in [9.17, 15) is 4.79 Å². The molecule has 72 valence electrons. The van der Waals surface area contributed by atoms with Gasteiger partial charge in [0.1, 0.15) is 6.61 Å². The molecule has 0 bridgehead atoms. The van der Waals surface area contributed by atoms with E-state index < -0.39 is 0 Å². The Kier molecular flexibility index (Phi) is 3.44. The first-order valence-electron chi connectivity index (χ1n) is 3.73. The summed E-state index contributed by atoms with van der Waals surface area (Å²) in [5.41, 5.74) is 1.98. The van der Waals surface area contributed by atoms with Gasteiger partial charge in [0.05, 0.1) is 9.83 Å². The molecule has 0 amide bonds. The summed E-state index contributed by atoms with van der Waals surface area (Å²) in [6.07, 6.45) is 0. The Morgan fingerprint density at radius 3 is 2.92 bits per heavy atom. The van der Waals surface area contributed by atoms with Crippen LogP contribution in [-0.2, 0) is 4.74 Å². The van der Waals surface area contributed by atoms with Crippen LogP contribution in [0, 0.1) is 0 Å². The van der Waals surface area contributed by atoms with Crippen molar-refractivity contribution in [3.05, 3.63) is 16.6 Å². The third-order valence-electron chi connectivity index (χ3n) is 1.19. The number of hydrogen-bond donors (Lipinski definition) is 0. The van der Waals surface area contributed by atoms with Crippen molar-refractivity contribution in [3.8, 4) is 0 Å². The number of rotatable bonds is 3. The molecule has 13 heavy (non-hydrogen) atoms. The molecule has 1 aromatic heterocycles. The predicted molar refractivity (Wildman–Crippen MR) is 55.4 cm³/mol. The maximum Gasteiger partial charge on any atom is 0.357 e. The van der Waals surface area contributed by atoms with Crippen LogP contribution < -0.4 is 0 Å². The molecule has 0 radical (unpaired) electrons. The molecule has 0 aliphatic carbocycles. The van der Waals surface area contributed by atoms with Gasteiger partial charge in [0.2, 0.25) is 0 Å². The highest BCUT2D eigenvalue weighted by atomic mass is 79.9. The lowest BCUT2D eigenvalue weighted by molar-refractivity contribution is 0.0475. The lowest BCUT2D eigenvalue weighted by atomic mass is 10.2. The summed E-state index contributed by atoms with van der Waals surface area (Å²) in [4.78, 5) is 15.1. The molecule has 0 saturated carbocycles. The van der Waals surface area contributed by atoms with E-state index in [1.807, 2.05) is 13.8 Å². The molecule has 1 aromatic rings. The lowest BCUT2D eigenvalue weighted by Gasteiger charge is -2.14. The number of carbonyl (C=O) groups excluding carboxylic acids is 1. The van der Waals surface area contributed by atoms with Gasteiger partial charge >= 0.3 is 5.97 Å². The number of thiazole rings is 1. The van der Waals surface area contributed by atoms with Crippen molar-refractivity contribution in [1.82, 2.24) is 4.98 Å². The van der Waals surface area contributed by atoms with E-state index >= 15 is 0 Å². The Morgan fingerprint density at radius 1 is 1.77 bits per heavy atom. The Hall–Kier alpha value is -0.420. The van der Waals surface area contributed by atoms with E-state index in [2.05, 4.69) is 20.9 Å². The summed E-state index contributed by atoms with van der Waals surface area (Å²) in [6.45, 7) is 4.20. The highest BCUT2D eigenvalue weighted by Crippen LogP contribution is 2.16. The molecule has 0 N–H and O–H groups in total. The summed E-state index contributed by atoms with van der Waals surface area (Å²) in [6, 6.07) is 0. The van der Waals surface area contributed by atoms with Crippen LogP contribution in [0.4, 0.5) is 0 Å². The summed E-state index contributed by atoms with van der Waals surface area (Å²) in [5.74, 6) is -0.367. The van der Waals surface area contributed by atoms with Crippen LogP contribution in [0.5, 0.6) is 0 Å². The van der Waals surface area contributed by atoms with E-state index in [1.165, 1.54) is 11.3 Å². The average Bonchev–Trinajstić information content (AvgIpc) is 2.50. The Labute approximate surface area is 89.3 Å². The topological polar surface area (TPSA) is 39.2 Å². The summed E-state index contributed by atoms with van der Waals surface area (Å²) in [7, 11) is 0. The number of ether oxygens (including phenoxy) is 1. The van der Waals surface area contributed by atoms with Gasteiger partial charge in [-0.1, -0.05) is 15.9 Å². The van der Waals surface area contributed by atoms with Crippen LogP contribution in [-0.4, -0.2) is 21.9 Å². The molecule has 1 heterocycles. The molecule has 0 aromatic carbocycles. The van der Waals surface area contributed by atoms with Gasteiger partial charge < -0.3 is 4.74 Å². The fourth-order valence-electron chi connectivity index (χ4n) is 0.624. The third kappa shape index (κ3) is 3.87. The first kappa shape index (κ1) is 10.7. The van der Waals surface area contributed by atoms with Crippen molar-refractivity contribution >= 4 is 33.2 Å². The fraction of sp³-hybridized carbons (Fsp3) is 0.500. The van der Waals surface area contributed by atoms with Crippen molar-refractivity contribution in [2.75, 3.05) is 6.61 Å². The molecule has 0 aliphatic heterocycles. The standard InChI is InChI=1S/C8H10BrNO2S/c1-8(2,9)4-12-7(11)6-3-13-5-10-6/h3,5H,4H2,1-2H3. The average molecular weight is 264 g/mol. The largest absolute Gasteiger partial charge is 0.459 e. The van der Waals surface area contributed by atoms with Crippen molar-refractivity contribution < 1.29 is 9.53 Å². The van der Waals surface area contributed by atoms with Crippen molar-refractivity contribution in [2.24, 2.45) is 0 Å². The smallest absolute Gasteiger partial charge is 0.357 e. The number of aromatic nitrogens is 1. The van der Waals surface area contributed by atoms with Crippen LogP contribution in [0.3, 0.4) is 0 Å². The molecule has 0 atom stereocenters. The van der Waals surface area contributed by atoms with Crippen LogP contribution >= 0.6 is 27.3 Å². The quantitative estimate of drug-likeness (QED) is 0.622. The summed E-state index contributed by atoms with van der Waals surface area (Å²) < 4.78 is 4.83. The van der Waals surface area contributed by atoms with E-state index in [4.69, 9.17) is 4.74 Å². The number of nitrogens with zero attached hydrogens (tertiary/aromatic N) is 1. The molecule has 1 rings (SSSR count). The number of hydrogen-bond acceptors (Lipinski definition) is 4. The Bertz CT molecular complexity index is 279. The van der Waals surface area contributed by atoms with Gasteiger partial charge in [0.15, 0.2) is 5.69 Å². The Balaban J connectivity index is 2.44. The first-order valence-corrected chi connectivity index (χ1v) is 5.47. The highest BCUT2D eigenvalue weighted by Gasteiger charge is 2.17. The minimum absolute atomic E-state index is 0.182. The van der Waals surface area contributed by atoms with Gasteiger partial charge in [0.25, 0.3) is 0 Å².